The minimum absolute atomic E-state index is 0.337. The highest BCUT2D eigenvalue weighted by atomic mass is 32.1. The molecule has 0 spiro atoms. The molecular weight excluding hydrogens is 148 g/mol. The maximum atomic E-state index is 5.59. The lowest BCUT2D eigenvalue weighted by Crippen LogP contribution is -2.55. The summed E-state index contributed by atoms with van der Waals surface area (Å²) in [5, 5.41) is 0.988. The van der Waals surface area contributed by atoms with Gasteiger partial charge in [-0.2, -0.15) is 4.37 Å². The van der Waals surface area contributed by atoms with Gasteiger partial charge in [-0.1, -0.05) is 0 Å². The summed E-state index contributed by atoms with van der Waals surface area (Å²) in [6.07, 6.45) is 1.57. The molecule has 1 saturated heterocycles. The molecule has 1 fully saturated rings. The van der Waals surface area contributed by atoms with Crippen molar-refractivity contribution in [2.24, 2.45) is 5.73 Å². The molecule has 0 saturated carbocycles. The van der Waals surface area contributed by atoms with Crippen molar-refractivity contribution in [2.45, 2.75) is 6.04 Å². The Labute approximate surface area is 62.8 Å². The van der Waals surface area contributed by atoms with Crippen molar-refractivity contribution in [2.75, 3.05) is 18.0 Å². The van der Waals surface area contributed by atoms with E-state index in [-0.39, 0.29) is 0 Å². The number of hydrogen-bond acceptors (Lipinski definition) is 5. The fourth-order valence-corrected chi connectivity index (χ4v) is 1.52. The molecule has 1 aromatic rings. The van der Waals surface area contributed by atoms with E-state index >= 15 is 0 Å². The molecule has 0 aromatic carbocycles. The van der Waals surface area contributed by atoms with E-state index in [1.54, 1.807) is 6.33 Å². The molecule has 0 aliphatic carbocycles. The lowest BCUT2D eigenvalue weighted by Gasteiger charge is -2.36. The summed E-state index contributed by atoms with van der Waals surface area (Å²) < 4.78 is 3.90. The van der Waals surface area contributed by atoms with Crippen molar-refractivity contribution < 1.29 is 0 Å². The van der Waals surface area contributed by atoms with Crippen LogP contribution in [0.25, 0.3) is 0 Å². The number of nitrogens with two attached hydrogens (primary N) is 1. The Morgan fingerprint density at radius 2 is 2.50 bits per heavy atom. The fraction of sp³-hybridized carbons (Fsp3) is 0.600. The highest BCUT2D eigenvalue weighted by Gasteiger charge is 2.24. The summed E-state index contributed by atoms with van der Waals surface area (Å²) in [5.41, 5.74) is 5.59. The van der Waals surface area contributed by atoms with E-state index < -0.39 is 0 Å². The third-order valence-corrected chi connectivity index (χ3v) is 2.26. The van der Waals surface area contributed by atoms with Crippen molar-refractivity contribution in [3.05, 3.63) is 6.33 Å². The molecule has 10 heavy (non-hydrogen) atoms. The largest absolute Gasteiger partial charge is 0.344 e. The topological polar surface area (TPSA) is 55.0 Å². The second-order valence-corrected chi connectivity index (χ2v) is 3.15. The maximum absolute atomic E-state index is 5.59. The molecule has 2 N–H and O–H groups in total. The quantitative estimate of drug-likeness (QED) is 0.605. The molecule has 0 atom stereocenters. The van der Waals surface area contributed by atoms with Gasteiger partial charge in [0.2, 0.25) is 5.13 Å². The Morgan fingerprint density at radius 3 is 3.00 bits per heavy atom. The lowest BCUT2D eigenvalue weighted by atomic mass is 10.1. The Bertz CT molecular complexity index is 203. The normalized spacial score (nSPS) is 19.1. The zero-order valence-electron chi connectivity index (χ0n) is 5.40. The van der Waals surface area contributed by atoms with Gasteiger partial charge in [-0.3, -0.25) is 0 Å². The first-order valence-electron chi connectivity index (χ1n) is 3.13. The van der Waals surface area contributed by atoms with E-state index in [9.17, 15) is 0 Å². The van der Waals surface area contributed by atoms with Crippen LogP contribution in [0.4, 0.5) is 5.13 Å². The van der Waals surface area contributed by atoms with Gasteiger partial charge in [-0.15, -0.1) is 0 Å². The van der Waals surface area contributed by atoms with E-state index in [1.807, 2.05) is 0 Å². The van der Waals surface area contributed by atoms with Crippen LogP contribution in [0, 0.1) is 0 Å². The van der Waals surface area contributed by atoms with Gasteiger partial charge in [0, 0.05) is 30.7 Å². The van der Waals surface area contributed by atoms with Gasteiger partial charge < -0.3 is 10.6 Å². The summed E-state index contributed by atoms with van der Waals surface area (Å²) in [7, 11) is 0. The summed E-state index contributed by atoms with van der Waals surface area (Å²) in [6.45, 7) is 1.85. The number of anilines is 1. The van der Waals surface area contributed by atoms with Crippen LogP contribution in [0.15, 0.2) is 6.33 Å². The van der Waals surface area contributed by atoms with Crippen molar-refractivity contribution >= 4 is 16.7 Å². The van der Waals surface area contributed by atoms with Crippen LogP contribution in [-0.2, 0) is 0 Å². The Kier molecular flexibility index (Phi) is 1.32. The monoisotopic (exact) mass is 156 g/mol. The Morgan fingerprint density at radius 1 is 1.70 bits per heavy atom. The Hall–Kier alpha value is -0.680. The highest BCUT2D eigenvalue weighted by molar-refractivity contribution is 7.09. The third-order valence-electron chi connectivity index (χ3n) is 1.53. The van der Waals surface area contributed by atoms with Crippen molar-refractivity contribution in [1.29, 1.82) is 0 Å². The SMILES string of the molecule is NC1CN(c2ncns2)C1. The van der Waals surface area contributed by atoms with E-state index in [0.717, 1.165) is 18.2 Å². The average molecular weight is 156 g/mol. The molecule has 54 valence electrons. The zero-order valence-corrected chi connectivity index (χ0v) is 6.21. The second-order valence-electron chi connectivity index (χ2n) is 2.39. The van der Waals surface area contributed by atoms with E-state index in [0.29, 0.717) is 6.04 Å². The van der Waals surface area contributed by atoms with E-state index in [1.165, 1.54) is 11.5 Å². The minimum Gasteiger partial charge on any atom is -0.344 e. The number of nitrogens with zero attached hydrogens (tertiary/aromatic N) is 3. The molecule has 1 aliphatic rings. The van der Waals surface area contributed by atoms with Crippen LogP contribution < -0.4 is 10.6 Å². The van der Waals surface area contributed by atoms with Gasteiger partial charge in [0.25, 0.3) is 0 Å². The molecule has 0 unspecified atom stereocenters. The van der Waals surface area contributed by atoms with Gasteiger partial charge in [-0.05, 0) is 0 Å². The number of aromatic nitrogens is 2. The molecule has 5 heteroatoms. The first-order valence-corrected chi connectivity index (χ1v) is 3.91. The molecular formula is C5H8N4S. The zero-order chi connectivity index (χ0) is 6.97. The van der Waals surface area contributed by atoms with Crippen molar-refractivity contribution in [3.8, 4) is 0 Å². The van der Waals surface area contributed by atoms with Crippen molar-refractivity contribution in [1.82, 2.24) is 9.36 Å². The van der Waals surface area contributed by atoms with Crippen LogP contribution in [0.3, 0.4) is 0 Å². The first-order chi connectivity index (χ1) is 4.86. The fourth-order valence-electron chi connectivity index (χ4n) is 0.975. The standard InChI is InChI=1S/C5H8N4S/c6-4-1-9(2-4)5-7-3-8-10-5/h3-4H,1-2,6H2. The third kappa shape index (κ3) is 0.871. The van der Waals surface area contributed by atoms with Crippen LogP contribution in [0.2, 0.25) is 0 Å². The Balaban J connectivity index is 2.04. The predicted molar refractivity (Wildman–Crippen MR) is 40.1 cm³/mol. The lowest BCUT2D eigenvalue weighted by molar-refractivity contribution is 0.518. The van der Waals surface area contributed by atoms with Gasteiger partial charge in [0.05, 0.1) is 0 Å². The van der Waals surface area contributed by atoms with Crippen LogP contribution in [0.1, 0.15) is 0 Å². The minimum atomic E-state index is 0.337. The average Bonchev–Trinajstić information content (AvgIpc) is 2.31. The van der Waals surface area contributed by atoms with Gasteiger partial charge in [0.15, 0.2) is 0 Å². The van der Waals surface area contributed by atoms with Crippen molar-refractivity contribution in [3.63, 3.8) is 0 Å². The molecule has 1 aromatic heterocycles. The molecule has 1 aliphatic heterocycles. The molecule has 0 amide bonds. The van der Waals surface area contributed by atoms with Gasteiger partial charge >= 0.3 is 0 Å². The molecule has 2 heterocycles. The molecule has 0 bridgehead atoms. The van der Waals surface area contributed by atoms with E-state index in [2.05, 4.69) is 14.3 Å². The van der Waals surface area contributed by atoms with Crippen LogP contribution in [0.5, 0.6) is 0 Å². The highest BCUT2D eigenvalue weighted by Crippen LogP contribution is 2.19. The summed E-state index contributed by atoms with van der Waals surface area (Å²) >= 11 is 1.42. The van der Waals surface area contributed by atoms with E-state index in [4.69, 9.17) is 5.73 Å². The van der Waals surface area contributed by atoms with Crippen LogP contribution in [-0.4, -0.2) is 28.5 Å². The summed E-state index contributed by atoms with van der Waals surface area (Å²) in [4.78, 5) is 6.18. The molecule has 0 radical (unpaired) electrons. The molecule has 2 rings (SSSR count). The molecule has 4 nitrogen and oxygen atoms in total. The van der Waals surface area contributed by atoms with Gasteiger partial charge in [0.1, 0.15) is 6.33 Å². The first kappa shape index (κ1) is 6.06. The maximum Gasteiger partial charge on any atom is 0.205 e. The summed E-state index contributed by atoms with van der Waals surface area (Å²) in [6, 6.07) is 0.337. The predicted octanol–water partition coefficient (Wildman–Crippen LogP) is -0.315. The van der Waals surface area contributed by atoms with Crippen LogP contribution >= 0.6 is 11.5 Å². The van der Waals surface area contributed by atoms with Gasteiger partial charge in [-0.25, -0.2) is 4.98 Å². The summed E-state index contributed by atoms with van der Waals surface area (Å²) in [5.74, 6) is 0. The smallest absolute Gasteiger partial charge is 0.205 e. The number of rotatable bonds is 1. The number of hydrogen-bond donors (Lipinski definition) is 1. The second kappa shape index (κ2) is 2.17.